The lowest BCUT2D eigenvalue weighted by Crippen LogP contribution is -2.49. The molecule has 0 aliphatic carbocycles. The summed E-state index contributed by atoms with van der Waals surface area (Å²) in [5, 5.41) is 0. The number of rotatable bonds is 5. The average molecular weight is 379 g/mol. The minimum absolute atomic E-state index is 0.297. The average Bonchev–Trinajstić information content (AvgIpc) is 2.79. The minimum Gasteiger partial charge on any atom is -0.353 e. The van der Waals surface area contributed by atoms with E-state index in [9.17, 15) is 4.79 Å². The van der Waals surface area contributed by atoms with Crippen LogP contribution in [-0.2, 0) is 4.79 Å². The summed E-state index contributed by atoms with van der Waals surface area (Å²) in [5.41, 5.74) is 1.46. The number of aromatic nitrogens is 1. The van der Waals surface area contributed by atoms with Crippen molar-refractivity contribution in [1.29, 1.82) is 0 Å². The molecular formula is C23H30N4O. The van der Waals surface area contributed by atoms with Crippen molar-refractivity contribution in [2.75, 3.05) is 50.7 Å². The lowest BCUT2D eigenvalue weighted by Gasteiger charge is -2.36. The van der Waals surface area contributed by atoms with Gasteiger partial charge in [0.2, 0.25) is 5.91 Å². The van der Waals surface area contributed by atoms with E-state index < -0.39 is 0 Å². The zero-order valence-electron chi connectivity index (χ0n) is 16.5. The molecule has 0 bridgehead atoms. The van der Waals surface area contributed by atoms with Crippen molar-refractivity contribution in [3.63, 3.8) is 0 Å². The maximum absolute atomic E-state index is 12.6. The number of carbonyl (C=O) groups is 1. The Morgan fingerprint density at radius 2 is 1.61 bits per heavy atom. The second-order valence-electron chi connectivity index (χ2n) is 7.83. The van der Waals surface area contributed by atoms with Gasteiger partial charge in [-0.3, -0.25) is 4.79 Å². The van der Waals surface area contributed by atoms with Gasteiger partial charge in [0.25, 0.3) is 0 Å². The molecule has 2 saturated heterocycles. The molecule has 3 heterocycles. The fraction of sp³-hybridized carbons (Fsp3) is 0.478. The minimum atomic E-state index is 0.297. The number of piperidine rings is 1. The van der Waals surface area contributed by atoms with Gasteiger partial charge in [0.1, 0.15) is 5.82 Å². The van der Waals surface area contributed by atoms with Gasteiger partial charge in [0, 0.05) is 45.3 Å². The summed E-state index contributed by atoms with van der Waals surface area (Å²) in [4.78, 5) is 23.8. The Morgan fingerprint density at radius 1 is 0.893 bits per heavy atom. The fourth-order valence-electron chi connectivity index (χ4n) is 4.35. The SMILES string of the molecule is O=C(CCN1CCC(c2ccccc2)CC1)N1CCN(c2ccccn2)CC1. The highest BCUT2D eigenvalue weighted by atomic mass is 16.2. The van der Waals surface area contributed by atoms with E-state index in [4.69, 9.17) is 0 Å². The van der Waals surface area contributed by atoms with Gasteiger partial charge >= 0.3 is 0 Å². The van der Waals surface area contributed by atoms with Crippen molar-refractivity contribution in [3.05, 3.63) is 60.3 Å². The standard InChI is InChI=1S/C23H30N4O/c28-23(27-18-16-26(17-19-27)22-8-4-5-12-24-22)11-15-25-13-9-21(10-14-25)20-6-2-1-3-7-20/h1-8,12,21H,9-11,13-19H2. The molecule has 0 atom stereocenters. The number of amides is 1. The number of benzene rings is 1. The Balaban J connectivity index is 1.18. The molecule has 2 aromatic rings. The number of hydrogen-bond acceptors (Lipinski definition) is 4. The highest BCUT2D eigenvalue weighted by Gasteiger charge is 2.24. The second-order valence-corrected chi connectivity index (χ2v) is 7.83. The molecule has 2 aliphatic rings. The van der Waals surface area contributed by atoms with Crippen LogP contribution in [0.5, 0.6) is 0 Å². The summed E-state index contributed by atoms with van der Waals surface area (Å²) < 4.78 is 0. The Hall–Kier alpha value is -2.40. The van der Waals surface area contributed by atoms with E-state index in [-0.39, 0.29) is 0 Å². The first-order valence-electron chi connectivity index (χ1n) is 10.5. The summed E-state index contributed by atoms with van der Waals surface area (Å²) in [5.74, 6) is 1.98. The molecule has 5 heteroatoms. The molecule has 1 aromatic heterocycles. The Kier molecular flexibility index (Phi) is 6.22. The number of piperazine rings is 1. The molecule has 5 nitrogen and oxygen atoms in total. The molecule has 28 heavy (non-hydrogen) atoms. The zero-order valence-corrected chi connectivity index (χ0v) is 16.5. The van der Waals surface area contributed by atoms with E-state index in [2.05, 4.69) is 45.1 Å². The summed E-state index contributed by atoms with van der Waals surface area (Å²) >= 11 is 0. The first-order chi connectivity index (χ1) is 13.8. The van der Waals surface area contributed by atoms with Gasteiger partial charge in [-0.25, -0.2) is 4.98 Å². The number of likely N-dealkylation sites (tertiary alicyclic amines) is 1. The fourth-order valence-corrected chi connectivity index (χ4v) is 4.35. The largest absolute Gasteiger partial charge is 0.353 e. The summed E-state index contributed by atoms with van der Waals surface area (Å²) in [6.07, 6.45) is 4.86. The van der Waals surface area contributed by atoms with Crippen molar-refractivity contribution in [3.8, 4) is 0 Å². The van der Waals surface area contributed by atoms with E-state index in [0.717, 1.165) is 51.6 Å². The van der Waals surface area contributed by atoms with Crippen LogP contribution in [0.15, 0.2) is 54.7 Å². The van der Waals surface area contributed by atoms with Gasteiger partial charge in [-0.2, -0.15) is 0 Å². The second kappa shape index (κ2) is 9.20. The number of carbonyl (C=O) groups excluding carboxylic acids is 1. The van der Waals surface area contributed by atoms with Crippen molar-refractivity contribution >= 4 is 11.7 Å². The van der Waals surface area contributed by atoms with Crippen molar-refractivity contribution in [2.45, 2.75) is 25.2 Å². The van der Waals surface area contributed by atoms with Crippen LogP contribution in [-0.4, -0.2) is 66.5 Å². The lowest BCUT2D eigenvalue weighted by atomic mass is 9.89. The predicted molar refractivity (Wildman–Crippen MR) is 113 cm³/mol. The Bertz CT molecular complexity index is 736. The zero-order chi connectivity index (χ0) is 19.2. The monoisotopic (exact) mass is 378 g/mol. The summed E-state index contributed by atoms with van der Waals surface area (Å²) in [6, 6.07) is 16.8. The Labute approximate surface area is 168 Å². The number of hydrogen-bond donors (Lipinski definition) is 0. The highest BCUT2D eigenvalue weighted by Crippen LogP contribution is 2.27. The van der Waals surface area contributed by atoms with Crippen LogP contribution in [0.3, 0.4) is 0 Å². The van der Waals surface area contributed by atoms with E-state index >= 15 is 0 Å². The number of anilines is 1. The van der Waals surface area contributed by atoms with Crippen LogP contribution in [0.2, 0.25) is 0 Å². The van der Waals surface area contributed by atoms with Gasteiger partial charge in [-0.15, -0.1) is 0 Å². The molecule has 148 valence electrons. The van der Waals surface area contributed by atoms with Gasteiger partial charge in [0.15, 0.2) is 0 Å². The third-order valence-corrected chi connectivity index (χ3v) is 6.11. The quantitative estimate of drug-likeness (QED) is 0.802. The van der Waals surface area contributed by atoms with Gasteiger partial charge in [-0.1, -0.05) is 36.4 Å². The smallest absolute Gasteiger partial charge is 0.223 e. The maximum Gasteiger partial charge on any atom is 0.223 e. The van der Waals surface area contributed by atoms with Crippen molar-refractivity contribution < 1.29 is 4.79 Å². The van der Waals surface area contributed by atoms with E-state index in [0.29, 0.717) is 18.2 Å². The van der Waals surface area contributed by atoms with Crippen LogP contribution in [0.1, 0.15) is 30.7 Å². The number of nitrogens with zero attached hydrogens (tertiary/aromatic N) is 4. The van der Waals surface area contributed by atoms with Crippen molar-refractivity contribution in [1.82, 2.24) is 14.8 Å². The third-order valence-electron chi connectivity index (χ3n) is 6.11. The van der Waals surface area contributed by atoms with Gasteiger partial charge in [-0.05, 0) is 49.5 Å². The molecular weight excluding hydrogens is 348 g/mol. The lowest BCUT2D eigenvalue weighted by molar-refractivity contribution is -0.131. The summed E-state index contributed by atoms with van der Waals surface area (Å²) in [6.45, 7) is 6.41. The Morgan fingerprint density at radius 3 is 2.29 bits per heavy atom. The van der Waals surface area contributed by atoms with Gasteiger partial charge in [0.05, 0.1) is 0 Å². The molecule has 0 spiro atoms. The van der Waals surface area contributed by atoms with Crippen molar-refractivity contribution in [2.24, 2.45) is 0 Å². The van der Waals surface area contributed by atoms with Crippen LogP contribution in [0.25, 0.3) is 0 Å². The molecule has 0 saturated carbocycles. The van der Waals surface area contributed by atoms with Crippen LogP contribution >= 0.6 is 0 Å². The molecule has 4 rings (SSSR count). The maximum atomic E-state index is 12.6. The van der Waals surface area contributed by atoms with Crippen LogP contribution < -0.4 is 4.90 Å². The molecule has 0 unspecified atom stereocenters. The molecule has 2 fully saturated rings. The molecule has 0 N–H and O–H groups in total. The first-order valence-corrected chi connectivity index (χ1v) is 10.5. The van der Waals surface area contributed by atoms with Gasteiger partial charge < -0.3 is 14.7 Å². The third kappa shape index (κ3) is 4.71. The number of pyridine rings is 1. The molecule has 2 aliphatic heterocycles. The predicted octanol–water partition coefficient (Wildman–Crippen LogP) is 3.00. The van der Waals surface area contributed by atoms with Crippen LogP contribution in [0.4, 0.5) is 5.82 Å². The van der Waals surface area contributed by atoms with E-state index in [1.807, 2.05) is 29.3 Å². The first kappa shape index (κ1) is 18.9. The summed E-state index contributed by atoms with van der Waals surface area (Å²) in [7, 11) is 0. The molecule has 1 aromatic carbocycles. The molecule has 1 amide bonds. The van der Waals surface area contributed by atoms with E-state index in [1.165, 1.54) is 18.4 Å². The van der Waals surface area contributed by atoms with Crippen LogP contribution in [0, 0.1) is 0 Å². The molecule has 0 radical (unpaired) electrons. The topological polar surface area (TPSA) is 39.7 Å². The highest BCUT2D eigenvalue weighted by molar-refractivity contribution is 5.76. The van der Waals surface area contributed by atoms with E-state index in [1.54, 1.807) is 0 Å². The normalized spacial score (nSPS) is 19.0.